The van der Waals surface area contributed by atoms with E-state index < -0.39 is 0 Å². The molecule has 15 aromatic rings. The summed E-state index contributed by atoms with van der Waals surface area (Å²) in [5.41, 5.74) is 18.8. The molecular weight excluding hydrogens is 1110 g/mol. The molecule has 0 unspecified atom stereocenters. The highest BCUT2D eigenvalue weighted by Gasteiger charge is 2.28. The molecule has 0 saturated heterocycles. The van der Waals surface area contributed by atoms with Gasteiger partial charge in [0.05, 0.1) is 50.3 Å². The van der Waals surface area contributed by atoms with Gasteiger partial charge in [0.25, 0.3) is 0 Å². The van der Waals surface area contributed by atoms with Crippen molar-refractivity contribution in [1.82, 2.24) is 13.7 Å². The molecule has 18 rings (SSSR count). The predicted molar refractivity (Wildman–Crippen MR) is 355 cm³/mol. The number of hydrogen-bond acceptors (Lipinski definition) is 4. The smallest absolute Gasteiger partial charge is 0.151 e. The number of anilines is 6. The second-order valence-corrected chi connectivity index (χ2v) is 22.3. The summed E-state index contributed by atoms with van der Waals surface area (Å²) in [7, 11) is 0. The average Bonchev–Trinajstić information content (AvgIpc) is 1.81. The number of aromatic nitrogens is 3. The lowest BCUT2D eigenvalue weighted by Gasteiger charge is -2.33. The number of rotatable bonds is 5. The van der Waals surface area contributed by atoms with Crippen molar-refractivity contribution in [1.29, 1.82) is 0 Å². The fourth-order valence-electron chi connectivity index (χ4n) is 12.8. The summed E-state index contributed by atoms with van der Waals surface area (Å²) in [6.45, 7) is 0. The summed E-state index contributed by atoms with van der Waals surface area (Å²) in [5, 5.41) is 6.38. The van der Waals surface area contributed by atoms with Gasteiger partial charge in [-0.1, -0.05) is 186 Å². The molecule has 0 saturated carbocycles. The number of ether oxygens (including phenoxy) is 2. The van der Waals surface area contributed by atoms with Crippen molar-refractivity contribution in [2.24, 2.45) is 0 Å². The molecule has 7 nitrogen and oxygen atoms in total. The lowest BCUT2D eigenvalue weighted by Crippen LogP contribution is -2.15. The molecule has 404 valence electrons. The Hall–Kier alpha value is -10.8. The van der Waals surface area contributed by atoms with Gasteiger partial charge in [-0.15, -0.1) is 0 Å². The van der Waals surface area contributed by atoms with E-state index in [1.165, 1.54) is 71.3 Å². The van der Waals surface area contributed by atoms with Gasteiger partial charge in [-0.2, -0.15) is 0 Å². The molecule has 0 radical (unpaired) electrons. The van der Waals surface area contributed by atoms with E-state index in [1.807, 2.05) is 72.8 Å². The molecule has 3 aliphatic rings. The number of nitrogens with zero attached hydrogens (tertiary/aromatic N) is 5. The first kappa shape index (κ1) is 50.0. The Morgan fingerprint density at radius 1 is 0.329 bits per heavy atom. The van der Waals surface area contributed by atoms with E-state index in [9.17, 15) is 0 Å². The van der Waals surface area contributed by atoms with Gasteiger partial charge in [-0.25, -0.2) is 0 Å². The van der Waals surface area contributed by atoms with Crippen molar-refractivity contribution in [3.05, 3.63) is 313 Å². The highest BCUT2D eigenvalue weighted by molar-refractivity contribution is 9.10. The monoisotopic (exact) mass is 1160 g/mol. The standard InChI is InChI=1S/C38H25N3O.C21H15N.C18H12BrNO/c1-2-11-27(12-3-1)41-32-16-5-4-15-30(32)31-22-21-26-23-24-39(37(26)38(31)41)28-13-10-14-29(25-28)40-33-17-6-8-19-35(33)42-36-20-9-7-18-34(36)40;1-2-8-16(9-3-1)22-20-12-5-4-10-18(20)19-14-13-15-7-6-11-17(15)21(19)22;19-13-6-5-7-14(12-13)20-15-8-1-3-10-17(15)21-18-11-4-2-9-16(18)20/h1-25H;1-10,12-14H,11H2;1-12H. The summed E-state index contributed by atoms with van der Waals surface area (Å²) < 4.78 is 20.5. The number of halogens is 1. The van der Waals surface area contributed by atoms with Gasteiger partial charge in [0, 0.05) is 66.0 Å². The molecular formula is C77H52BrN5O2. The summed E-state index contributed by atoms with van der Waals surface area (Å²) in [6.07, 6.45) is 7.71. The molecule has 12 aromatic carbocycles. The van der Waals surface area contributed by atoms with Crippen molar-refractivity contribution in [3.63, 3.8) is 0 Å². The molecule has 1 aliphatic carbocycles. The molecule has 8 heteroatoms. The molecule has 0 amide bonds. The van der Waals surface area contributed by atoms with Crippen LogP contribution in [0.2, 0.25) is 0 Å². The third kappa shape index (κ3) is 8.56. The van der Waals surface area contributed by atoms with Crippen LogP contribution in [0.5, 0.6) is 23.0 Å². The van der Waals surface area contributed by atoms with Crippen molar-refractivity contribution in [3.8, 4) is 40.1 Å². The zero-order chi connectivity index (χ0) is 56.4. The van der Waals surface area contributed by atoms with E-state index in [1.54, 1.807) is 0 Å². The summed E-state index contributed by atoms with van der Waals surface area (Å²) in [5.74, 6) is 3.44. The van der Waals surface area contributed by atoms with Gasteiger partial charge in [0.15, 0.2) is 23.0 Å². The van der Waals surface area contributed by atoms with Crippen molar-refractivity contribution in [2.75, 3.05) is 9.80 Å². The van der Waals surface area contributed by atoms with Gasteiger partial charge in [0.2, 0.25) is 0 Å². The van der Waals surface area contributed by atoms with Crippen LogP contribution in [-0.4, -0.2) is 13.7 Å². The first-order chi connectivity index (χ1) is 42.1. The van der Waals surface area contributed by atoms with Crippen LogP contribution in [0.1, 0.15) is 11.1 Å². The van der Waals surface area contributed by atoms with E-state index in [4.69, 9.17) is 9.47 Å². The molecule has 0 fully saturated rings. The first-order valence-electron chi connectivity index (χ1n) is 28.6. The Morgan fingerprint density at radius 2 is 0.776 bits per heavy atom. The van der Waals surface area contributed by atoms with Crippen molar-refractivity contribution < 1.29 is 9.47 Å². The summed E-state index contributed by atoms with van der Waals surface area (Å²) >= 11 is 3.55. The predicted octanol–water partition coefficient (Wildman–Crippen LogP) is 21.7. The van der Waals surface area contributed by atoms with Gasteiger partial charge >= 0.3 is 0 Å². The lowest BCUT2D eigenvalue weighted by molar-refractivity contribution is 0.477. The fraction of sp³-hybridized carbons (Fsp3) is 0.0130. The van der Waals surface area contributed by atoms with E-state index >= 15 is 0 Å². The highest BCUT2D eigenvalue weighted by Crippen LogP contribution is 2.52. The second kappa shape index (κ2) is 20.9. The summed E-state index contributed by atoms with van der Waals surface area (Å²) in [4.78, 5) is 4.51. The van der Waals surface area contributed by atoms with Crippen LogP contribution >= 0.6 is 15.9 Å². The van der Waals surface area contributed by atoms with Crippen LogP contribution in [0.25, 0.3) is 77.7 Å². The molecule has 0 N–H and O–H groups in total. The number of hydrogen-bond donors (Lipinski definition) is 0. The zero-order valence-electron chi connectivity index (χ0n) is 46.0. The molecule has 0 spiro atoms. The van der Waals surface area contributed by atoms with Crippen molar-refractivity contribution in [2.45, 2.75) is 6.42 Å². The van der Waals surface area contributed by atoms with Gasteiger partial charge in [-0.3, -0.25) is 0 Å². The Balaban J connectivity index is 0.000000115. The quantitative estimate of drug-likeness (QED) is 0.172. The lowest BCUT2D eigenvalue weighted by atomic mass is 10.0. The largest absolute Gasteiger partial charge is 0.453 e. The van der Waals surface area contributed by atoms with E-state index in [2.05, 4.69) is 270 Å². The molecule has 5 heterocycles. The van der Waals surface area contributed by atoms with Gasteiger partial charge in [-0.05, 0) is 145 Å². The normalized spacial score (nSPS) is 12.6. The zero-order valence-corrected chi connectivity index (χ0v) is 47.6. The van der Waals surface area contributed by atoms with E-state index in [-0.39, 0.29) is 0 Å². The molecule has 85 heavy (non-hydrogen) atoms. The number of fused-ring (bicyclic) bond motifs is 14. The Kier molecular flexibility index (Phi) is 12.3. The second-order valence-electron chi connectivity index (χ2n) is 21.3. The highest BCUT2D eigenvalue weighted by atomic mass is 79.9. The Bertz CT molecular complexity index is 5010. The van der Waals surface area contributed by atoms with Gasteiger partial charge < -0.3 is 33.0 Å². The van der Waals surface area contributed by atoms with Crippen molar-refractivity contribution >= 4 is 111 Å². The number of para-hydroxylation sites is 12. The number of benzene rings is 12. The Morgan fingerprint density at radius 3 is 1.34 bits per heavy atom. The van der Waals surface area contributed by atoms with Crippen LogP contribution in [0.15, 0.2) is 302 Å². The van der Waals surface area contributed by atoms with E-state index in [0.717, 1.165) is 79.4 Å². The maximum atomic E-state index is 6.27. The molecule has 0 atom stereocenters. The molecule has 0 bridgehead atoms. The minimum atomic E-state index is 0.849. The van der Waals surface area contributed by atoms with Crippen LogP contribution in [0, 0.1) is 0 Å². The first-order valence-corrected chi connectivity index (χ1v) is 29.4. The minimum absolute atomic E-state index is 0.849. The topological polar surface area (TPSA) is 39.7 Å². The third-order valence-electron chi connectivity index (χ3n) is 16.4. The average molecular weight is 1160 g/mol. The molecule has 3 aromatic heterocycles. The Labute approximate surface area is 500 Å². The SMILES string of the molecule is Brc1cccc(N2c3ccccc3Oc3ccccc32)c1.C1=Cc2ccc3c4ccccc4n(-c4ccccc4)c3c2C1.c1ccc(-n2c3ccccc3c3ccc4ccn(-c5cccc(N6c7ccccc7Oc7ccccc76)c5)c4c32)cc1. The fourth-order valence-corrected chi connectivity index (χ4v) is 13.1. The molecule has 2 aliphatic heterocycles. The van der Waals surface area contributed by atoms with Gasteiger partial charge in [0.1, 0.15) is 0 Å². The maximum Gasteiger partial charge on any atom is 0.151 e. The third-order valence-corrected chi connectivity index (χ3v) is 16.9. The van der Waals surface area contributed by atoms with Crippen LogP contribution in [-0.2, 0) is 6.42 Å². The summed E-state index contributed by atoms with van der Waals surface area (Å²) in [6, 6.07) is 99.7. The van der Waals surface area contributed by atoms with Crippen LogP contribution in [0.4, 0.5) is 34.1 Å². The number of allylic oxidation sites excluding steroid dienone is 1. The van der Waals surface area contributed by atoms with Crippen LogP contribution in [0.3, 0.4) is 0 Å². The van der Waals surface area contributed by atoms with Crippen LogP contribution < -0.4 is 19.3 Å². The minimum Gasteiger partial charge on any atom is -0.453 e. The van der Waals surface area contributed by atoms with E-state index in [0.29, 0.717) is 0 Å². The maximum absolute atomic E-state index is 6.27.